The van der Waals surface area contributed by atoms with Gasteiger partial charge < -0.3 is 10.2 Å². The highest BCUT2D eigenvalue weighted by Gasteiger charge is 2.30. The highest BCUT2D eigenvalue weighted by atomic mass is 16.3. The van der Waals surface area contributed by atoms with Crippen LogP contribution in [0.2, 0.25) is 0 Å². The van der Waals surface area contributed by atoms with E-state index in [-0.39, 0.29) is 23.2 Å². The Balaban J connectivity index is 2.30. The van der Waals surface area contributed by atoms with Crippen molar-refractivity contribution in [3.63, 3.8) is 0 Å². The summed E-state index contributed by atoms with van der Waals surface area (Å²) in [7, 11) is 0. The summed E-state index contributed by atoms with van der Waals surface area (Å²) in [6.45, 7) is 4.13. The summed E-state index contributed by atoms with van der Waals surface area (Å²) in [4.78, 5) is 12.6. The van der Waals surface area contributed by atoms with Crippen molar-refractivity contribution >= 4 is 5.78 Å². The molecule has 0 fully saturated rings. The first-order valence-electron chi connectivity index (χ1n) is 6.71. The van der Waals surface area contributed by atoms with Gasteiger partial charge in [0.15, 0.2) is 0 Å². The van der Waals surface area contributed by atoms with E-state index in [0.29, 0.717) is 17.5 Å². The molecule has 3 rings (SSSR count). The normalized spacial score (nSPS) is 13.2. The Morgan fingerprint density at radius 2 is 1.70 bits per heavy atom. The van der Waals surface area contributed by atoms with Crippen molar-refractivity contribution in [2.75, 3.05) is 0 Å². The van der Waals surface area contributed by atoms with Gasteiger partial charge in [0.05, 0.1) is 11.1 Å². The number of hydrogen-bond donors (Lipinski definition) is 2. The monoisotopic (exact) mass is 268 g/mol. The van der Waals surface area contributed by atoms with Crippen LogP contribution in [0.25, 0.3) is 0 Å². The first-order valence-corrected chi connectivity index (χ1v) is 6.71. The molecule has 2 aromatic rings. The minimum absolute atomic E-state index is 0.0108. The number of fused-ring (bicyclic) bond motifs is 2. The average molecular weight is 268 g/mol. The number of benzene rings is 2. The molecule has 0 spiro atoms. The van der Waals surface area contributed by atoms with Crippen LogP contribution < -0.4 is 0 Å². The maximum atomic E-state index is 12.6. The van der Waals surface area contributed by atoms with Gasteiger partial charge in [0.2, 0.25) is 5.78 Å². The van der Waals surface area contributed by atoms with Crippen LogP contribution >= 0.6 is 0 Å². The predicted octanol–water partition coefficient (Wildman–Crippen LogP) is 3.36. The number of hydrogen-bond acceptors (Lipinski definition) is 3. The molecule has 0 atom stereocenters. The number of ketones is 1. The highest BCUT2D eigenvalue weighted by molar-refractivity contribution is 6.15. The molecule has 0 amide bonds. The zero-order valence-electron chi connectivity index (χ0n) is 11.5. The van der Waals surface area contributed by atoms with E-state index in [1.807, 2.05) is 12.1 Å². The molecule has 1 aliphatic rings. The fourth-order valence-corrected chi connectivity index (χ4v) is 2.95. The zero-order valence-corrected chi connectivity index (χ0v) is 11.5. The average Bonchev–Trinajstić information content (AvgIpc) is 2.38. The van der Waals surface area contributed by atoms with Crippen molar-refractivity contribution in [1.82, 2.24) is 0 Å². The minimum Gasteiger partial charge on any atom is -0.507 e. The topological polar surface area (TPSA) is 57.5 Å². The van der Waals surface area contributed by atoms with Crippen LogP contribution in [0.3, 0.4) is 0 Å². The van der Waals surface area contributed by atoms with Gasteiger partial charge in [0.25, 0.3) is 0 Å². The molecular weight excluding hydrogens is 252 g/mol. The molecule has 0 heterocycles. The van der Waals surface area contributed by atoms with Gasteiger partial charge in [-0.05, 0) is 41.2 Å². The summed E-state index contributed by atoms with van der Waals surface area (Å²) in [6.07, 6.45) is 0.562. The Kier molecular flexibility index (Phi) is 2.78. The van der Waals surface area contributed by atoms with Crippen molar-refractivity contribution in [3.8, 4) is 11.5 Å². The molecule has 0 saturated heterocycles. The summed E-state index contributed by atoms with van der Waals surface area (Å²) in [6, 6.07) is 8.54. The van der Waals surface area contributed by atoms with E-state index in [2.05, 4.69) is 13.8 Å². The summed E-state index contributed by atoms with van der Waals surface area (Å²) < 4.78 is 0. The molecular formula is C17H16O3. The van der Waals surface area contributed by atoms with Crippen LogP contribution in [0.1, 0.15) is 52.4 Å². The van der Waals surface area contributed by atoms with E-state index in [1.54, 1.807) is 12.1 Å². The van der Waals surface area contributed by atoms with Crippen LogP contribution in [-0.4, -0.2) is 16.0 Å². The van der Waals surface area contributed by atoms with Gasteiger partial charge in [-0.15, -0.1) is 0 Å². The molecule has 0 aromatic heterocycles. The van der Waals surface area contributed by atoms with Crippen molar-refractivity contribution in [3.05, 3.63) is 58.1 Å². The van der Waals surface area contributed by atoms with Crippen molar-refractivity contribution in [2.45, 2.75) is 26.2 Å². The number of phenolic OH excluding ortho intramolecular Hbond substituents is 2. The third-order valence-electron chi connectivity index (χ3n) is 3.90. The van der Waals surface area contributed by atoms with Gasteiger partial charge in [-0.1, -0.05) is 32.0 Å². The fourth-order valence-electron chi connectivity index (χ4n) is 2.95. The maximum absolute atomic E-state index is 12.6. The van der Waals surface area contributed by atoms with E-state index in [0.717, 1.165) is 16.7 Å². The van der Waals surface area contributed by atoms with E-state index in [1.165, 1.54) is 6.07 Å². The first-order chi connectivity index (χ1) is 9.50. The lowest BCUT2D eigenvalue weighted by Crippen LogP contribution is -2.17. The van der Waals surface area contributed by atoms with E-state index >= 15 is 0 Å². The van der Waals surface area contributed by atoms with Crippen LogP contribution in [0.4, 0.5) is 0 Å². The molecule has 1 aliphatic carbocycles. The SMILES string of the molecule is CC(C)c1ccc(O)c2c1Cc1cccc(O)c1C2=O. The summed E-state index contributed by atoms with van der Waals surface area (Å²) >= 11 is 0. The molecule has 3 heteroatoms. The van der Waals surface area contributed by atoms with Crippen molar-refractivity contribution < 1.29 is 15.0 Å². The molecule has 2 aromatic carbocycles. The second-order valence-corrected chi connectivity index (χ2v) is 5.50. The fraction of sp³-hybridized carbons (Fsp3) is 0.235. The molecule has 0 aliphatic heterocycles. The van der Waals surface area contributed by atoms with E-state index < -0.39 is 0 Å². The second kappa shape index (κ2) is 4.37. The van der Waals surface area contributed by atoms with Crippen molar-refractivity contribution in [1.29, 1.82) is 0 Å². The molecule has 2 N–H and O–H groups in total. The Morgan fingerprint density at radius 1 is 1.00 bits per heavy atom. The zero-order chi connectivity index (χ0) is 14.4. The van der Waals surface area contributed by atoms with Crippen LogP contribution in [0.5, 0.6) is 11.5 Å². The largest absolute Gasteiger partial charge is 0.507 e. The molecule has 102 valence electrons. The lowest BCUT2D eigenvalue weighted by Gasteiger charge is -2.24. The smallest absolute Gasteiger partial charge is 0.201 e. The number of aromatic hydroxyl groups is 2. The van der Waals surface area contributed by atoms with Gasteiger partial charge >= 0.3 is 0 Å². The minimum atomic E-state index is -0.292. The predicted molar refractivity (Wildman–Crippen MR) is 76.5 cm³/mol. The lowest BCUT2D eigenvalue weighted by atomic mass is 9.80. The van der Waals surface area contributed by atoms with Gasteiger partial charge in [-0.2, -0.15) is 0 Å². The Labute approximate surface area is 117 Å². The Morgan fingerprint density at radius 3 is 2.40 bits per heavy atom. The van der Waals surface area contributed by atoms with Crippen LogP contribution in [0.15, 0.2) is 30.3 Å². The molecule has 3 nitrogen and oxygen atoms in total. The highest BCUT2D eigenvalue weighted by Crippen LogP contribution is 2.39. The number of carbonyl (C=O) groups excluding carboxylic acids is 1. The summed E-state index contributed by atoms with van der Waals surface area (Å²) in [5.41, 5.74) is 3.42. The Bertz CT molecular complexity index is 714. The Hall–Kier alpha value is -2.29. The lowest BCUT2D eigenvalue weighted by molar-refractivity contribution is 0.102. The van der Waals surface area contributed by atoms with Gasteiger partial charge in [0, 0.05) is 0 Å². The number of phenols is 2. The third-order valence-corrected chi connectivity index (χ3v) is 3.90. The molecule has 0 radical (unpaired) electrons. The molecule has 0 bridgehead atoms. The number of carbonyl (C=O) groups is 1. The maximum Gasteiger partial charge on any atom is 0.201 e. The summed E-state index contributed by atoms with van der Waals surface area (Å²) in [5.74, 6) is -0.0498. The van der Waals surface area contributed by atoms with Crippen LogP contribution in [0, 0.1) is 0 Å². The number of rotatable bonds is 1. The standard InChI is InChI=1S/C17H16O3/c1-9(2)11-6-7-14(19)16-12(11)8-10-4-3-5-13(18)15(10)17(16)20/h3-7,9,18-19H,8H2,1-2H3. The first kappa shape index (κ1) is 12.7. The van der Waals surface area contributed by atoms with E-state index in [9.17, 15) is 15.0 Å². The second-order valence-electron chi connectivity index (χ2n) is 5.50. The molecule has 20 heavy (non-hydrogen) atoms. The van der Waals surface area contributed by atoms with Gasteiger partial charge in [-0.3, -0.25) is 4.79 Å². The quantitative estimate of drug-likeness (QED) is 0.711. The summed E-state index contributed by atoms with van der Waals surface area (Å²) in [5, 5.41) is 20.0. The van der Waals surface area contributed by atoms with Gasteiger partial charge in [-0.25, -0.2) is 0 Å². The molecule has 0 unspecified atom stereocenters. The van der Waals surface area contributed by atoms with E-state index in [4.69, 9.17) is 0 Å². The van der Waals surface area contributed by atoms with Crippen molar-refractivity contribution in [2.24, 2.45) is 0 Å². The van der Waals surface area contributed by atoms with Crippen LogP contribution in [-0.2, 0) is 6.42 Å². The third kappa shape index (κ3) is 1.70. The molecule has 0 saturated carbocycles. The van der Waals surface area contributed by atoms with Gasteiger partial charge in [0.1, 0.15) is 11.5 Å².